The average molecular weight is 361 g/mol. The Morgan fingerprint density at radius 1 is 1.12 bits per heavy atom. The highest BCUT2D eigenvalue weighted by molar-refractivity contribution is 7.88. The van der Waals surface area contributed by atoms with Crippen molar-refractivity contribution in [1.29, 1.82) is 0 Å². The minimum absolute atomic E-state index is 0.0980. The van der Waals surface area contributed by atoms with Gasteiger partial charge in [0.25, 0.3) is 0 Å². The second-order valence-electron chi connectivity index (χ2n) is 5.55. The predicted molar refractivity (Wildman–Crippen MR) is 90.3 cm³/mol. The van der Waals surface area contributed by atoms with E-state index in [1.807, 2.05) is 31.2 Å². The SMILES string of the molecule is Cc1ccc(-c2noc(CNS(=O)(=O)Cc3ccccc3F)n2)cc1. The normalized spacial score (nSPS) is 11.6. The summed E-state index contributed by atoms with van der Waals surface area (Å²) in [6.07, 6.45) is 0. The minimum Gasteiger partial charge on any atom is -0.338 e. The lowest BCUT2D eigenvalue weighted by atomic mass is 10.1. The lowest BCUT2D eigenvalue weighted by molar-refractivity contribution is 0.376. The minimum atomic E-state index is -3.73. The first-order chi connectivity index (χ1) is 11.9. The molecule has 0 saturated carbocycles. The Morgan fingerprint density at radius 2 is 1.84 bits per heavy atom. The number of benzene rings is 2. The maximum atomic E-state index is 13.6. The van der Waals surface area contributed by atoms with E-state index in [4.69, 9.17) is 4.52 Å². The number of nitrogens with one attached hydrogen (secondary N) is 1. The van der Waals surface area contributed by atoms with E-state index in [9.17, 15) is 12.8 Å². The van der Waals surface area contributed by atoms with E-state index >= 15 is 0 Å². The third kappa shape index (κ3) is 4.49. The number of nitrogens with zero attached hydrogens (tertiary/aromatic N) is 2. The van der Waals surface area contributed by atoms with Gasteiger partial charge >= 0.3 is 0 Å². The molecule has 0 aliphatic rings. The quantitative estimate of drug-likeness (QED) is 0.730. The third-order valence-electron chi connectivity index (χ3n) is 3.52. The van der Waals surface area contributed by atoms with Crippen LogP contribution >= 0.6 is 0 Å². The predicted octanol–water partition coefficient (Wildman–Crippen LogP) is 2.80. The van der Waals surface area contributed by atoms with Crippen LogP contribution in [0.1, 0.15) is 17.0 Å². The molecule has 0 spiro atoms. The molecule has 0 aliphatic heterocycles. The average Bonchev–Trinajstić information content (AvgIpc) is 3.05. The zero-order valence-corrected chi connectivity index (χ0v) is 14.3. The van der Waals surface area contributed by atoms with Gasteiger partial charge in [0.05, 0.1) is 12.3 Å². The van der Waals surface area contributed by atoms with E-state index in [0.717, 1.165) is 11.1 Å². The van der Waals surface area contributed by atoms with Crippen LogP contribution in [0.4, 0.5) is 4.39 Å². The van der Waals surface area contributed by atoms with Crippen LogP contribution in [0.3, 0.4) is 0 Å². The summed E-state index contributed by atoms with van der Waals surface area (Å²) in [5.41, 5.74) is 1.98. The van der Waals surface area contributed by atoms with Gasteiger partial charge in [-0.25, -0.2) is 17.5 Å². The number of rotatable bonds is 6. The van der Waals surface area contributed by atoms with Crippen molar-refractivity contribution < 1.29 is 17.3 Å². The standard InChI is InChI=1S/C17H16FN3O3S/c1-12-6-8-13(9-7-12)17-20-16(24-21-17)10-19-25(22,23)11-14-4-2-3-5-15(14)18/h2-9,19H,10-11H2,1H3. The number of aryl methyl sites for hydroxylation is 1. The van der Waals surface area contributed by atoms with Crippen molar-refractivity contribution in [1.82, 2.24) is 14.9 Å². The summed E-state index contributed by atoms with van der Waals surface area (Å²) in [4.78, 5) is 4.16. The molecule has 0 atom stereocenters. The largest absolute Gasteiger partial charge is 0.338 e. The molecule has 8 heteroatoms. The molecule has 3 rings (SSSR count). The van der Waals surface area contributed by atoms with Crippen molar-refractivity contribution in [3.05, 3.63) is 71.4 Å². The molecule has 0 fully saturated rings. The summed E-state index contributed by atoms with van der Waals surface area (Å²) in [6, 6.07) is 13.3. The van der Waals surface area contributed by atoms with E-state index in [1.54, 1.807) is 6.07 Å². The fourth-order valence-electron chi connectivity index (χ4n) is 2.19. The molecule has 1 aromatic heterocycles. The molecule has 3 aromatic rings. The Bertz CT molecular complexity index is 969. The van der Waals surface area contributed by atoms with Crippen molar-refractivity contribution in [2.24, 2.45) is 0 Å². The van der Waals surface area contributed by atoms with Crippen molar-refractivity contribution in [2.75, 3.05) is 0 Å². The van der Waals surface area contributed by atoms with Gasteiger partial charge in [-0.3, -0.25) is 0 Å². The molecule has 0 aliphatic carbocycles. The first-order valence-electron chi connectivity index (χ1n) is 7.53. The van der Waals surface area contributed by atoms with Gasteiger partial charge in [0.2, 0.25) is 21.7 Å². The van der Waals surface area contributed by atoms with Gasteiger partial charge in [-0.15, -0.1) is 0 Å². The third-order valence-corrected chi connectivity index (χ3v) is 4.80. The topological polar surface area (TPSA) is 85.1 Å². The molecule has 6 nitrogen and oxygen atoms in total. The van der Waals surface area contributed by atoms with Crippen LogP contribution in [0.15, 0.2) is 53.1 Å². The molecular weight excluding hydrogens is 345 g/mol. The lowest BCUT2D eigenvalue weighted by Gasteiger charge is -2.05. The molecule has 25 heavy (non-hydrogen) atoms. The molecule has 0 bridgehead atoms. The summed E-state index contributed by atoms with van der Waals surface area (Å²) in [7, 11) is -3.73. The number of halogens is 1. The van der Waals surface area contributed by atoms with Gasteiger partial charge in [-0.05, 0) is 13.0 Å². The van der Waals surface area contributed by atoms with Gasteiger partial charge in [0, 0.05) is 11.1 Å². The van der Waals surface area contributed by atoms with Crippen LogP contribution in [0.25, 0.3) is 11.4 Å². The van der Waals surface area contributed by atoms with Gasteiger partial charge in [0.15, 0.2) is 0 Å². The maximum Gasteiger partial charge on any atom is 0.242 e. The van der Waals surface area contributed by atoms with Gasteiger partial charge < -0.3 is 4.52 Å². The van der Waals surface area contributed by atoms with Crippen LogP contribution in [-0.2, 0) is 22.3 Å². The van der Waals surface area contributed by atoms with Crippen LogP contribution in [-0.4, -0.2) is 18.6 Å². The van der Waals surface area contributed by atoms with Crippen LogP contribution in [0.2, 0.25) is 0 Å². The van der Waals surface area contributed by atoms with E-state index in [1.165, 1.54) is 18.2 Å². The van der Waals surface area contributed by atoms with Gasteiger partial charge in [-0.2, -0.15) is 4.98 Å². The van der Waals surface area contributed by atoms with Crippen molar-refractivity contribution >= 4 is 10.0 Å². The first-order valence-corrected chi connectivity index (χ1v) is 9.18. The van der Waals surface area contributed by atoms with Crippen molar-refractivity contribution in [3.63, 3.8) is 0 Å². The fourth-order valence-corrected chi connectivity index (χ4v) is 3.28. The Morgan fingerprint density at radius 3 is 2.56 bits per heavy atom. The van der Waals surface area contributed by atoms with E-state index in [-0.39, 0.29) is 18.0 Å². The summed E-state index contributed by atoms with van der Waals surface area (Å²) < 4.78 is 45.1. The molecule has 1 heterocycles. The van der Waals surface area contributed by atoms with Gasteiger partial charge in [-0.1, -0.05) is 53.2 Å². The monoisotopic (exact) mass is 361 g/mol. The molecule has 0 unspecified atom stereocenters. The van der Waals surface area contributed by atoms with Crippen LogP contribution < -0.4 is 4.72 Å². The Balaban J connectivity index is 1.65. The summed E-state index contributed by atoms with van der Waals surface area (Å²) >= 11 is 0. The fraction of sp³-hybridized carbons (Fsp3) is 0.176. The summed E-state index contributed by atoms with van der Waals surface area (Å²) in [5, 5.41) is 3.83. The van der Waals surface area contributed by atoms with Crippen LogP contribution in [0.5, 0.6) is 0 Å². The number of hydrogen-bond donors (Lipinski definition) is 1. The lowest BCUT2D eigenvalue weighted by Crippen LogP contribution is -2.25. The molecular formula is C17H16FN3O3S. The molecule has 0 amide bonds. The highest BCUT2D eigenvalue weighted by Gasteiger charge is 2.16. The van der Waals surface area contributed by atoms with Crippen molar-refractivity contribution in [2.45, 2.75) is 19.2 Å². The number of sulfonamides is 1. The Kier molecular flexibility index (Phi) is 4.91. The molecule has 0 saturated heterocycles. The highest BCUT2D eigenvalue weighted by Crippen LogP contribution is 2.16. The van der Waals surface area contributed by atoms with E-state index in [2.05, 4.69) is 14.9 Å². The molecule has 130 valence electrons. The van der Waals surface area contributed by atoms with Gasteiger partial charge in [0.1, 0.15) is 5.82 Å². The first kappa shape index (κ1) is 17.2. The second-order valence-corrected chi connectivity index (χ2v) is 7.36. The second kappa shape index (κ2) is 7.12. The van der Waals surface area contributed by atoms with E-state index < -0.39 is 21.6 Å². The maximum absolute atomic E-state index is 13.6. The Labute approximate surface area is 144 Å². The molecule has 2 aromatic carbocycles. The summed E-state index contributed by atoms with van der Waals surface area (Å²) in [6.45, 7) is 1.81. The molecule has 1 N–H and O–H groups in total. The zero-order valence-electron chi connectivity index (χ0n) is 13.4. The smallest absolute Gasteiger partial charge is 0.242 e. The van der Waals surface area contributed by atoms with E-state index in [0.29, 0.717) is 5.82 Å². The molecule has 0 radical (unpaired) electrons. The zero-order chi connectivity index (χ0) is 17.9. The summed E-state index contributed by atoms with van der Waals surface area (Å²) in [5.74, 6) is -0.512. The van der Waals surface area contributed by atoms with Crippen molar-refractivity contribution in [3.8, 4) is 11.4 Å². The highest BCUT2D eigenvalue weighted by atomic mass is 32.2. The van der Waals surface area contributed by atoms with Crippen LogP contribution in [0, 0.1) is 12.7 Å². The number of hydrogen-bond acceptors (Lipinski definition) is 5. The number of aromatic nitrogens is 2. The Hall–Kier alpha value is -2.58.